The molecule has 0 fully saturated rings. The number of nitrogens with zero attached hydrogens (tertiary/aromatic N) is 1. The van der Waals surface area contributed by atoms with Crippen LogP contribution in [0.2, 0.25) is 0 Å². The molecule has 1 aromatic heterocycles. The summed E-state index contributed by atoms with van der Waals surface area (Å²) in [5, 5.41) is -0.112. The van der Waals surface area contributed by atoms with E-state index in [9.17, 15) is 0 Å². The molecule has 0 aromatic carbocycles. The highest BCUT2D eigenvalue weighted by Crippen LogP contribution is 2.15. The van der Waals surface area contributed by atoms with E-state index in [1.165, 1.54) is 0 Å². The predicted octanol–water partition coefficient (Wildman–Crippen LogP) is 3.39. The van der Waals surface area contributed by atoms with Crippen molar-refractivity contribution >= 4 is 23.8 Å². The number of hydrogen-bond donors (Lipinski definition) is 1. The van der Waals surface area contributed by atoms with E-state index in [1.54, 1.807) is 0 Å². The number of H-pyrrole nitrogens is 1. The fourth-order valence-corrected chi connectivity index (χ4v) is 1.46. The van der Waals surface area contributed by atoms with Gasteiger partial charge in [-0.05, 0) is 19.4 Å². The van der Waals surface area contributed by atoms with Crippen LogP contribution in [-0.4, -0.2) is 9.97 Å². The Morgan fingerprint density at radius 1 is 1.69 bits per heavy atom. The van der Waals surface area contributed by atoms with Crippen molar-refractivity contribution in [1.82, 2.24) is 9.97 Å². The van der Waals surface area contributed by atoms with Crippen LogP contribution in [0.15, 0.2) is 6.07 Å². The van der Waals surface area contributed by atoms with E-state index < -0.39 is 0 Å². The Morgan fingerprint density at radius 2 is 2.38 bits per heavy atom. The molecule has 0 saturated carbocycles. The highest BCUT2D eigenvalue weighted by atomic mass is 35.5. The Bertz CT molecular complexity index is 333. The number of aryl methyl sites for hydroxylation is 1. The van der Waals surface area contributed by atoms with Gasteiger partial charge in [0.2, 0.25) is 0 Å². The van der Waals surface area contributed by atoms with Crippen LogP contribution in [-0.2, 0) is 6.42 Å². The zero-order valence-electron chi connectivity index (χ0n) is 7.80. The summed E-state index contributed by atoms with van der Waals surface area (Å²) in [5.41, 5.74) is 1.12. The molecule has 1 heterocycles. The van der Waals surface area contributed by atoms with Crippen LogP contribution >= 0.6 is 23.8 Å². The number of aromatic nitrogens is 2. The summed E-state index contributed by atoms with van der Waals surface area (Å²) in [6.07, 6.45) is 2.08. The van der Waals surface area contributed by atoms with Crippen LogP contribution in [0.3, 0.4) is 0 Å². The largest absolute Gasteiger partial charge is 0.346 e. The SMILES string of the molecule is CCCc1cc(=S)nc(C(C)Cl)[nH]1. The van der Waals surface area contributed by atoms with E-state index >= 15 is 0 Å². The summed E-state index contributed by atoms with van der Waals surface area (Å²) in [4.78, 5) is 7.32. The molecule has 0 aliphatic carbocycles. The van der Waals surface area contributed by atoms with Gasteiger partial charge in [-0.1, -0.05) is 25.6 Å². The molecule has 4 heteroatoms. The minimum absolute atomic E-state index is 0.112. The highest BCUT2D eigenvalue weighted by Gasteiger charge is 2.04. The van der Waals surface area contributed by atoms with Crippen molar-refractivity contribution in [2.75, 3.05) is 0 Å². The molecule has 0 amide bonds. The molecular weight excluding hydrogens is 204 g/mol. The van der Waals surface area contributed by atoms with Crippen molar-refractivity contribution < 1.29 is 0 Å². The van der Waals surface area contributed by atoms with Gasteiger partial charge in [0.1, 0.15) is 10.5 Å². The number of hydrogen-bond acceptors (Lipinski definition) is 2. The highest BCUT2D eigenvalue weighted by molar-refractivity contribution is 7.71. The standard InChI is InChI=1S/C9H13ClN2S/c1-3-4-7-5-8(13)12-9(11-7)6(2)10/h5-6H,3-4H2,1-2H3,(H,11,12,13). The molecule has 72 valence electrons. The second-order valence-electron chi connectivity index (χ2n) is 3.00. The first kappa shape index (κ1) is 10.7. The van der Waals surface area contributed by atoms with E-state index in [0.29, 0.717) is 4.64 Å². The maximum Gasteiger partial charge on any atom is 0.130 e. The van der Waals surface area contributed by atoms with Crippen LogP contribution < -0.4 is 0 Å². The van der Waals surface area contributed by atoms with Gasteiger partial charge in [-0.3, -0.25) is 0 Å². The number of aromatic amines is 1. The first-order valence-electron chi connectivity index (χ1n) is 4.37. The minimum atomic E-state index is -0.112. The van der Waals surface area contributed by atoms with E-state index in [-0.39, 0.29) is 5.38 Å². The van der Waals surface area contributed by atoms with Gasteiger partial charge >= 0.3 is 0 Å². The van der Waals surface area contributed by atoms with E-state index in [2.05, 4.69) is 16.9 Å². The fourth-order valence-electron chi connectivity index (χ4n) is 1.12. The second kappa shape index (κ2) is 4.72. The zero-order chi connectivity index (χ0) is 9.84. The van der Waals surface area contributed by atoms with Gasteiger partial charge in [-0.15, -0.1) is 11.6 Å². The third-order valence-corrected chi connectivity index (χ3v) is 2.13. The normalized spacial score (nSPS) is 12.8. The number of alkyl halides is 1. The van der Waals surface area contributed by atoms with Crippen LogP contribution in [0.5, 0.6) is 0 Å². The van der Waals surface area contributed by atoms with Crippen molar-refractivity contribution in [3.05, 3.63) is 22.2 Å². The summed E-state index contributed by atoms with van der Waals surface area (Å²) >= 11 is 10.9. The van der Waals surface area contributed by atoms with Crippen LogP contribution in [0.1, 0.15) is 37.2 Å². The lowest BCUT2D eigenvalue weighted by Crippen LogP contribution is -2.00. The molecule has 0 aliphatic heterocycles. The third-order valence-electron chi connectivity index (χ3n) is 1.71. The quantitative estimate of drug-likeness (QED) is 0.620. The van der Waals surface area contributed by atoms with Crippen molar-refractivity contribution in [3.8, 4) is 0 Å². The Kier molecular flexibility index (Phi) is 3.88. The zero-order valence-corrected chi connectivity index (χ0v) is 9.37. The Labute approximate surface area is 88.4 Å². The van der Waals surface area contributed by atoms with Crippen molar-refractivity contribution in [3.63, 3.8) is 0 Å². The maximum atomic E-state index is 5.91. The predicted molar refractivity (Wildman–Crippen MR) is 57.7 cm³/mol. The van der Waals surface area contributed by atoms with Gasteiger partial charge < -0.3 is 4.98 Å². The first-order valence-corrected chi connectivity index (χ1v) is 5.22. The van der Waals surface area contributed by atoms with Gasteiger partial charge in [-0.25, -0.2) is 4.98 Å². The van der Waals surface area contributed by atoms with Gasteiger partial charge in [0, 0.05) is 5.69 Å². The van der Waals surface area contributed by atoms with Gasteiger partial charge in [0.15, 0.2) is 0 Å². The molecule has 1 aromatic rings. The van der Waals surface area contributed by atoms with Crippen LogP contribution in [0.25, 0.3) is 0 Å². The second-order valence-corrected chi connectivity index (χ2v) is 4.07. The molecule has 13 heavy (non-hydrogen) atoms. The number of halogens is 1. The topological polar surface area (TPSA) is 28.7 Å². The summed E-state index contributed by atoms with van der Waals surface area (Å²) in [7, 11) is 0. The molecule has 0 saturated heterocycles. The Hall–Kier alpha value is -0.410. The fraction of sp³-hybridized carbons (Fsp3) is 0.556. The Balaban J connectivity index is 3.04. The van der Waals surface area contributed by atoms with Crippen molar-refractivity contribution in [2.24, 2.45) is 0 Å². The molecule has 0 bridgehead atoms. The lowest BCUT2D eigenvalue weighted by atomic mass is 10.2. The summed E-state index contributed by atoms with van der Waals surface area (Å²) < 4.78 is 0.615. The van der Waals surface area contributed by atoms with E-state index in [0.717, 1.165) is 24.4 Å². The van der Waals surface area contributed by atoms with Gasteiger partial charge in [-0.2, -0.15) is 0 Å². The minimum Gasteiger partial charge on any atom is -0.346 e. The molecule has 1 unspecified atom stereocenters. The molecule has 1 rings (SSSR count). The smallest absolute Gasteiger partial charge is 0.130 e. The lowest BCUT2D eigenvalue weighted by molar-refractivity contribution is 0.820. The summed E-state index contributed by atoms with van der Waals surface area (Å²) in [6.45, 7) is 4.01. The number of nitrogens with one attached hydrogen (secondary N) is 1. The van der Waals surface area contributed by atoms with Crippen molar-refractivity contribution in [2.45, 2.75) is 32.1 Å². The lowest BCUT2D eigenvalue weighted by Gasteiger charge is -2.05. The molecule has 0 spiro atoms. The summed E-state index contributed by atoms with van der Waals surface area (Å²) in [6, 6.07) is 1.89. The van der Waals surface area contributed by atoms with E-state index in [4.69, 9.17) is 23.8 Å². The monoisotopic (exact) mass is 216 g/mol. The Morgan fingerprint density at radius 3 is 2.92 bits per heavy atom. The van der Waals surface area contributed by atoms with Crippen molar-refractivity contribution in [1.29, 1.82) is 0 Å². The number of rotatable bonds is 3. The third kappa shape index (κ3) is 3.08. The van der Waals surface area contributed by atoms with Crippen LogP contribution in [0, 0.1) is 4.64 Å². The maximum absolute atomic E-state index is 5.91. The molecule has 0 aliphatic rings. The molecule has 2 nitrogen and oxygen atoms in total. The molecule has 1 atom stereocenters. The first-order chi connectivity index (χ1) is 6.13. The van der Waals surface area contributed by atoms with E-state index in [1.807, 2.05) is 13.0 Å². The molecule has 0 radical (unpaired) electrons. The molecule has 1 N–H and O–H groups in total. The summed E-state index contributed by atoms with van der Waals surface area (Å²) in [5.74, 6) is 0.762. The van der Waals surface area contributed by atoms with Gasteiger partial charge in [0.05, 0.1) is 5.38 Å². The average Bonchev–Trinajstić information content (AvgIpc) is 2.03. The van der Waals surface area contributed by atoms with Crippen LogP contribution in [0.4, 0.5) is 0 Å². The van der Waals surface area contributed by atoms with Gasteiger partial charge in [0.25, 0.3) is 0 Å². The molecular formula is C9H13ClN2S. The average molecular weight is 217 g/mol.